The molecule has 0 spiro atoms. The van der Waals surface area contributed by atoms with Crippen molar-refractivity contribution in [3.8, 4) is 5.75 Å². The molecule has 2 aromatic carbocycles. The molecule has 24 heavy (non-hydrogen) atoms. The summed E-state index contributed by atoms with van der Waals surface area (Å²) in [5.41, 5.74) is 7.79. The summed E-state index contributed by atoms with van der Waals surface area (Å²) in [5, 5.41) is 3.00. The van der Waals surface area contributed by atoms with Gasteiger partial charge in [0.25, 0.3) is 0 Å². The summed E-state index contributed by atoms with van der Waals surface area (Å²) in [6.07, 6.45) is 0. The van der Waals surface area contributed by atoms with Crippen LogP contribution in [0.3, 0.4) is 0 Å². The predicted octanol–water partition coefficient (Wildman–Crippen LogP) is 2.26. The Balaban J connectivity index is 2.24. The van der Waals surface area contributed by atoms with Crippen LogP contribution in [0.25, 0.3) is 0 Å². The summed E-state index contributed by atoms with van der Waals surface area (Å²) in [7, 11) is 1.52. The topological polar surface area (TPSA) is 73.6 Å². The smallest absolute Gasteiger partial charge is 0.240 e. The Morgan fingerprint density at radius 2 is 1.71 bits per heavy atom. The van der Waals surface area contributed by atoms with Crippen LogP contribution in [-0.4, -0.2) is 32.3 Å². The van der Waals surface area contributed by atoms with E-state index in [2.05, 4.69) is 5.32 Å². The van der Waals surface area contributed by atoms with Crippen LogP contribution >= 0.6 is 0 Å². The third-order valence-electron chi connectivity index (χ3n) is 3.63. The van der Waals surface area contributed by atoms with Crippen molar-refractivity contribution in [2.45, 2.75) is 19.0 Å². The van der Waals surface area contributed by atoms with Crippen molar-refractivity contribution < 1.29 is 14.3 Å². The molecular formula is C19H24N2O3. The molecule has 5 nitrogen and oxygen atoms in total. The maximum absolute atomic E-state index is 12.3. The van der Waals surface area contributed by atoms with Crippen molar-refractivity contribution in [3.05, 3.63) is 65.7 Å². The highest BCUT2D eigenvalue weighted by molar-refractivity contribution is 5.82. The van der Waals surface area contributed by atoms with Gasteiger partial charge in [0.05, 0.1) is 19.3 Å². The van der Waals surface area contributed by atoms with Gasteiger partial charge < -0.3 is 20.5 Å². The number of benzene rings is 2. The third-order valence-corrected chi connectivity index (χ3v) is 3.63. The van der Waals surface area contributed by atoms with Crippen LogP contribution in [-0.2, 0) is 9.53 Å². The molecule has 0 heterocycles. The fourth-order valence-corrected chi connectivity index (χ4v) is 2.43. The molecule has 0 fully saturated rings. The number of nitrogens with one attached hydrogen (secondary N) is 1. The molecule has 2 atom stereocenters. The Kier molecular flexibility index (Phi) is 6.78. The maximum Gasteiger partial charge on any atom is 0.240 e. The molecule has 0 bridgehead atoms. The van der Waals surface area contributed by atoms with Crippen molar-refractivity contribution in [3.63, 3.8) is 0 Å². The van der Waals surface area contributed by atoms with E-state index in [0.29, 0.717) is 6.61 Å². The molecule has 2 unspecified atom stereocenters. The molecule has 0 saturated carbocycles. The lowest BCUT2D eigenvalue weighted by molar-refractivity contribution is -0.123. The van der Waals surface area contributed by atoms with Gasteiger partial charge in [0.1, 0.15) is 11.8 Å². The summed E-state index contributed by atoms with van der Waals surface area (Å²) in [6, 6.07) is 16.5. The van der Waals surface area contributed by atoms with Crippen LogP contribution in [0.2, 0.25) is 0 Å². The minimum absolute atomic E-state index is 0.177. The van der Waals surface area contributed by atoms with Crippen molar-refractivity contribution in [2.24, 2.45) is 5.73 Å². The fourth-order valence-electron chi connectivity index (χ4n) is 2.43. The first-order valence-corrected chi connectivity index (χ1v) is 7.98. The maximum atomic E-state index is 12.3. The highest BCUT2D eigenvalue weighted by Crippen LogP contribution is 2.24. The van der Waals surface area contributed by atoms with Crippen LogP contribution in [0, 0.1) is 0 Å². The van der Waals surface area contributed by atoms with Gasteiger partial charge in [0, 0.05) is 7.11 Å². The van der Waals surface area contributed by atoms with Gasteiger partial charge in [-0.1, -0.05) is 42.5 Å². The Morgan fingerprint density at radius 1 is 1.08 bits per heavy atom. The van der Waals surface area contributed by atoms with Gasteiger partial charge in [0.15, 0.2) is 0 Å². The lowest BCUT2D eigenvalue weighted by atomic mass is 9.98. The molecule has 2 aromatic rings. The Bertz CT molecular complexity index is 629. The lowest BCUT2D eigenvalue weighted by Crippen LogP contribution is -2.45. The Hall–Kier alpha value is -2.37. The second-order valence-electron chi connectivity index (χ2n) is 5.42. The zero-order chi connectivity index (χ0) is 17.4. The van der Waals surface area contributed by atoms with E-state index in [-0.39, 0.29) is 18.6 Å². The second kappa shape index (κ2) is 9.05. The van der Waals surface area contributed by atoms with E-state index >= 15 is 0 Å². The molecule has 3 N–H and O–H groups in total. The number of ether oxygens (including phenoxy) is 2. The number of hydrogen-bond acceptors (Lipinski definition) is 4. The van der Waals surface area contributed by atoms with Gasteiger partial charge in [-0.05, 0) is 30.2 Å². The van der Waals surface area contributed by atoms with Gasteiger partial charge in [-0.25, -0.2) is 0 Å². The zero-order valence-corrected chi connectivity index (χ0v) is 14.1. The largest absolute Gasteiger partial charge is 0.494 e. The third kappa shape index (κ3) is 4.81. The molecule has 0 aliphatic carbocycles. The molecule has 1 amide bonds. The minimum atomic E-state index is -0.705. The van der Waals surface area contributed by atoms with E-state index in [1.165, 1.54) is 7.11 Å². The van der Waals surface area contributed by atoms with E-state index in [0.717, 1.165) is 16.9 Å². The summed E-state index contributed by atoms with van der Waals surface area (Å²) < 4.78 is 10.4. The Labute approximate surface area is 142 Å². The van der Waals surface area contributed by atoms with Crippen LogP contribution in [0.4, 0.5) is 0 Å². The molecular weight excluding hydrogens is 304 g/mol. The number of hydrogen-bond donors (Lipinski definition) is 2. The van der Waals surface area contributed by atoms with E-state index in [1.54, 1.807) is 0 Å². The first-order valence-electron chi connectivity index (χ1n) is 7.98. The van der Waals surface area contributed by atoms with Crippen molar-refractivity contribution in [1.82, 2.24) is 5.32 Å². The number of methoxy groups -OCH3 is 1. The minimum Gasteiger partial charge on any atom is -0.494 e. The van der Waals surface area contributed by atoms with Crippen molar-refractivity contribution in [1.29, 1.82) is 0 Å². The second-order valence-corrected chi connectivity index (χ2v) is 5.42. The van der Waals surface area contributed by atoms with Crippen molar-refractivity contribution in [2.75, 3.05) is 20.3 Å². The Morgan fingerprint density at radius 3 is 2.29 bits per heavy atom. The SMILES string of the molecule is CCOc1ccc(C(NC(=O)C(N)COC)c2ccccc2)cc1. The highest BCUT2D eigenvalue weighted by Gasteiger charge is 2.20. The first-order chi connectivity index (χ1) is 11.7. The molecule has 0 radical (unpaired) electrons. The van der Waals surface area contributed by atoms with Crippen LogP contribution < -0.4 is 15.8 Å². The molecule has 0 aliphatic rings. The predicted molar refractivity (Wildman–Crippen MR) is 93.9 cm³/mol. The number of rotatable bonds is 8. The number of carbonyl (C=O) groups is 1. The quantitative estimate of drug-likeness (QED) is 0.779. The normalized spacial score (nSPS) is 13.1. The van der Waals surface area contributed by atoms with Crippen LogP contribution in [0.15, 0.2) is 54.6 Å². The van der Waals surface area contributed by atoms with Gasteiger partial charge in [-0.2, -0.15) is 0 Å². The standard InChI is InChI=1S/C19H24N2O3/c1-3-24-16-11-9-15(10-12-16)18(14-7-5-4-6-8-14)21-19(22)17(20)13-23-2/h4-12,17-18H,3,13,20H2,1-2H3,(H,21,22). The lowest BCUT2D eigenvalue weighted by Gasteiger charge is -2.22. The molecule has 0 aromatic heterocycles. The average molecular weight is 328 g/mol. The average Bonchev–Trinajstić information content (AvgIpc) is 2.61. The van der Waals surface area contributed by atoms with Gasteiger partial charge >= 0.3 is 0 Å². The number of nitrogens with two attached hydrogens (primary N) is 1. The summed E-state index contributed by atoms with van der Waals surface area (Å²) in [4.78, 5) is 12.3. The first kappa shape index (κ1) is 18.0. The summed E-state index contributed by atoms with van der Waals surface area (Å²) >= 11 is 0. The van der Waals surface area contributed by atoms with E-state index in [4.69, 9.17) is 15.2 Å². The van der Waals surface area contributed by atoms with E-state index < -0.39 is 6.04 Å². The molecule has 0 saturated heterocycles. The monoisotopic (exact) mass is 328 g/mol. The summed E-state index contributed by atoms with van der Waals surface area (Å²) in [6.45, 7) is 2.73. The zero-order valence-electron chi connectivity index (χ0n) is 14.1. The molecule has 5 heteroatoms. The molecule has 0 aliphatic heterocycles. The van der Waals surface area contributed by atoms with Crippen LogP contribution in [0.1, 0.15) is 24.1 Å². The molecule has 2 rings (SSSR count). The summed E-state index contributed by atoms with van der Waals surface area (Å²) in [5.74, 6) is 0.551. The fraction of sp³-hybridized carbons (Fsp3) is 0.316. The highest BCUT2D eigenvalue weighted by atomic mass is 16.5. The van der Waals surface area contributed by atoms with Gasteiger partial charge in [-0.15, -0.1) is 0 Å². The van der Waals surface area contributed by atoms with E-state index in [1.807, 2.05) is 61.5 Å². The van der Waals surface area contributed by atoms with E-state index in [9.17, 15) is 4.79 Å². The van der Waals surface area contributed by atoms with Gasteiger partial charge in [0.2, 0.25) is 5.91 Å². The van der Waals surface area contributed by atoms with Crippen LogP contribution in [0.5, 0.6) is 5.75 Å². The number of carbonyl (C=O) groups excluding carboxylic acids is 1. The number of amides is 1. The van der Waals surface area contributed by atoms with Gasteiger partial charge in [-0.3, -0.25) is 4.79 Å². The molecule has 128 valence electrons. The van der Waals surface area contributed by atoms with Crippen molar-refractivity contribution >= 4 is 5.91 Å².